The molecule has 0 aromatic heterocycles. The third kappa shape index (κ3) is 2.97. The van der Waals surface area contributed by atoms with Crippen LogP contribution in [0.15, 0.2) is 0 Å². The van der Waals surface area contributed by atoms with E-state index in [0.29, 0.717) is 12.0 Å². The number of aliphatic carboxylic acids is 1. The number of carboxylic acids is 1. The molecule has 1 fully saturated rings. The molecule has 0 saturated heterocycles. The Kier molecular flexibility index (Phi) is 4.78. The van der Waals surface area contributed by atoms with E-state index in [1.165, 1.54) is 6.42 Å². The number of nitrogens with one attached hydrogen (secondary N) is 1. The summed E-state index contributed by atoms with van der Waals surface area (Å²) >= 11 is 0. The molecule has 1 unspecified atom stereocenters. The Morgan fingerprint density at radius 2 is 1.88 bits per heavy atom. The lowest BCUT2D eigenvalue weighted by Gasteiger charge is -2.38. The Morgan fingerprint density at radius 1 is 1.31 bits per heavy atom. The highest BCUT2D eigenvalue weighted by molar-refractivity contribution is 5.79. The van der Waals surface area contributed by atoms with Crippen molar-refractivity contribution in [3.63, 3.8) is 0 Å². The van der Waals surface area contributed by atoms with Crippen LogP contribution in [0.1, 0.15) is 59.3 Å². The van der Waals surface area contributed by atoms with Crippen LogP contribution in [0.2, 0.25) is 0 Å². The zero-order chi connectivity index (χ0) is 12.2. The molecule has 1 saturated carbocycles. The van der Waals surface area contributed by atoms with Gasteiger partial charge in [0.25, 0.3) is 0 Å². The molecule has 94 valence electrons. The predicted molar refractivity (Wildman–Crippen MR) is 65.5 cm³/mol. The molecule has 1 rings (SSSR count). The molecule has 16 heavy (non-hydrogen) atoms. The Bertz CT molecular complexity index is 232. The van der Waals surface area contributed by atoms with E-state index < -0.39 is 11.5 Å². The number of carboxylic acid groups (broad SMARTS) is 1. The van der Waals surface area contributed by atoms with Crippen molar-refractivity contribution in [1.82, 2.24) is 5.32 Å². The van der Waals surface area contributed by atoms with E-state index in [9.17, 15) is 9.90 Å². The Morgan fingerprint density at radius 3 is 2.25 bits per heavy atom. The van der Waals surface area contributed by atoms with Gasteiger partial charge in [0.05, 0.1) is 0 Å². The standard InChI is InChI=1S/C13H25NO2/c1-4-11(10(2)3)14-13(12(15)16)8-6-5-7-9-13/h10-11,14H,4-9H2,1-3H3,(H,15,16). The highest BCUT2D eigenvalue weighted by Crippen LogP contribution is 2.30. The first-order valence-corrected chi connectivity index (χ1v) is 6.53. The second-order valence-corrected chi connectivity index (χ2v) is 5.35. The van der Waals surface area contributed by atoms with Crippen LogP contribution >= 0.6 is 0 Å². The smallest absolute Gasteiger partial charge is 0.323 e. The Balaban J connectivity index is 2.73. The molecule has 3 heteroatoms. The van der Waals surface area contributed by atoms with Crippen molar-refractivity contribution in [2.75, 3.05) is 0 Å². The van der Waals surface area contributed by atoms with E-state index in [2.05, 4.69) is 26.1 Å². The van der Waals surface area contributed by atoms with Gasteiger partial charge in [0.15, 0.2) is 0 Å². The van der Waals surface area contributed by atoms with E-state index in [1.807, 2.05) is 0 Å². The molecule has 0 spiro atoms. The molecule has 0 aromatic rings. The Labute approximate surface area is 98.6 Å². The van der Waals surface area contributed by atoms with Crippen molar-refractivity contribution in [3.8, 4) is 0 Å². The molecule has 0 amide bonds. The van der Waals surface area contributed by atoms with Gasteiger partial charge in [-0.15, -0.1) is 0 Å². The molecule has 2 N–H and O–H groups in total. The van der Waals surface area contributed by atoms with Crippen LogP contribution in [-0.4, -0.2) is 22.7 Å². The molecule has 0 bridgehead atoms. The molecular formula is C13H25NO2. The van der Waals surface area contributed by atoms with Gasteiger partial charge in [0.1, 0.15) is 5.54 Å². The van der Waals surface area contributed by atoms with Crippen molar-refractivity contribution in [1.29, 1.82) is 0 Å². The van der Waals surface area contributed by atoms with Gasteiger partial charge >= 0.3 is 5.97 Å². The predicted octanol–water partition coefficient (Wildman–Crippen LogP) is 2.80. The summed E-state index contributed by atoms with van der Waals surface area (Å²) < 4.78 is 0. The lowest BCUT2D eigenvalue weighted by Crippen LogP contribution is -2.58. The minimum Gasteiger partial charge on any atom is -0.480 e. The third-order valence-electron chi connectivity index (χ3n) is 3.82. The largest absolute Gasteiger partial charge is 0.480 e. The average Bonchev–Trinajstić information content (AvgIpc) is 2.26. The highest BCUT2D eigenvalue weighted by atomic mass is 16.4. The van der Waals surface area contributed by atoms with Crippen molar-refractivity contribution in [2.24, 2.45) is 5.92 Å². The molecule has 0 radical (unpaired) electrons. The Hall–Kier alpha value is -0.570. The maximum absolute atomic E-state index is 11.5. The van der Waals surface area contributed by atoms with Gasteiger partial charge < -0.3 is 5.11 Å². The summed E-state index contributed by atoms with van der Waals surface area (Å²) in [6, 6.07) is 0.314. The van der Waals surface area contributed by atoms with Crippen molar-refractivity contribution >= 4 is 5.97 Å². The van der Waals surface area contributed by atoms with Crippen molar-refractivity contribution in [2.45, 2.75) is 70.9 Å². The van der Waals surface area contributed by atoms with Crippen LogP contribution < -0.4 is 5.32 Å². The van der Waals surface area contributed by atoms with Crippen LogP contribution in [0.3, 0.4) is 0 Å². The van der Waals surface area contributed by atoms with Crippen molar-refractivity contribution < 1.29 is 9.90 Å². The summed E-state index contributed by atoms with van der Waals surface area (Å²) in [6.45, 7) is 6.43. The number of carbonyl (C=O) groups is 1. The first kappa shape index (κ1) is 13.5. The van der Waals surface area contributed by atoms with Crippen LogP contribution in [0.4, 0.5) is 0 Å². The quantitative estimate of drug-likeness (QED) is 0.759. The average molecular weight is 227 g/mol. The summed E-state index contributed by atoms with van der Waals surface area (Å²) in [5.41, 5.74) is -0.650. The first-order chi connectivity index (χ1) is 7.52. The minimum atomic E-state index is -0.661. The van der Waals surface area contributed by atoms with Gasteiger partial charge in [0.2, 0.25) is 0 Å². The fraction of sp³-hybridized carbons (Fsp3) is 0.923. The zero-order valence-electron chi connectivity index (χ0n) is 10.8. The number of rotatable bonds is 5. The van der Waals surface area contributed by atoms with Crippen molar-refractivity contribution in [3.05, 3.63) is 0 Å². The zero-order valence-corrected chi connectivity index (χ0v) is 10.8. The molecule has 1 aliphatic carbocycles. The van der Waals surface area contributed by atoms with Crippen LogP contribution in [0, 0.1) is 5.92 Å². The van der Waals surface area contributed by atoms with E-state index in [1.54, 1.807) is 0 Å². The third-order valence-corrected chi connectivity index (χ3v) is 3.82. The van der Waals surface area contributed by atoms with Gasteiger partial charge in [-0.25, -0.2) is 0 Å². The fourth-order valence-electron chi connectivity index (χ4n) is 2.67. The maximum atomic E-state index is 11.5. The topological polar surface area (TPSA) is 49.3 Å². The second-order valence-electron chi connectivity index (χ2n) is 5.35. The molecule has 1 atom stereocenters. The molecule has 0 heterocycles. The van der Waals surface area contributed by atoms with Crippen LogP contribution in [0.25, 0.3) is 0 Å². The summed E-state index contributed by atoms with van der Waals surface area (Å²) in [4.78, 5) is 11.5. The van der Waals surface area contributed by atoms with E-state index in [-0.39, 0.29) is 0 Å². The van der Waals surface area contributed by atoms with Gasteiger partial charge in [0, 0.05) is 6.04 Å². The van der Waals surface area contributed by atoms with E-state index >= 15 is 0 Å². The van der Waals surface area contributed by atoms with Gasteiger partial charge in [-0.2, -0.15) is 0 Å². The number of hydrogen-bond acceptors (Lipinski definition) is 2. The highest BCUT2D eigenvalue weighted by Gasteiger charge is 2.40. The lowest BCUT2D eigenvalue weighted by atomic mass is 9.80. The van der Waals surface area contributed by atoms with Gasteiger partial charge in [-0.1, -0.05) is 40.0 Å². The SMILES string of the molecule is CCC(NC1(C(=O)O)CCCCC1)C(C)C. The fourth-order valence-corrected chi connectivity index (χ4v) is 2.67. The molecule has 0 aliphatic heterocycles. The number of hydrogen-bond donors (Lipinski definition) is 2. The molecule has 3 nitrogen and oxygen atoms in total. The first-order valence-electron chi connectivity index (χ1n) is 6.53. The van der Waals surface area contributed by atoms with Crippen LogP contribution in [-0.2, 0) is 4.79 Å². The van der Waals surface area contributed by atoms with Gasteiger partial charge in [-0.05, 0) is 25.2 Å². The summed E-state index contributed by atoms with van der Waals surface area (Å²) in [6.07, 6.45) is 5.81. The molecule has 0 aromatic carbocycles. The van der Waals surface area contributed by atoms with Gasteiger partial charge in [-0.3, -0.25) is 10.1 Å². The summed E-state index contributed by atoms with van der Waals surface area (Å²) in [5.74, 6) is -0.172. The second kappa shape index (κ2) is 5.67. The van der Waals surface area contributed by atoms with Crippen LogP contribution in [0.5, 0.6) is 0 Å². The maximum Gasteiger partial charge on any atom is 0.323 e. The van der Waals surface area contributed by atoms with E-state index in [4.69, 9.17) is 0 Å². The van der Waals surface area contributed by atoms with E-state index in [0.717, 1.165) is 32.1 Å². The molecular weight excluding hydrogens is 202 g/mol. The monoisotopic (exact) mass is 227 g/mol. The lowest BCUT2D eigenvalue weighted by molar-refractivity contribution is -0.147. The normalized spacial score (nSPS) is 22.0. The minimum absolute atomic E-state index is 0.314. The summed E-state index contributed by atoms with van der Waals surface area (Å²) in [5, 5.41) is 12.9. The summed E-state index contributed by atoms with van der Waals surface area (Å²) in [7, 11) is 0. The molecule has 1 aliphatic rings.